The van der Waals surface area contributed by atoms with E-state index in [-0.39, 0.29) is 0 Å². The minimum Gasteiger partial charge on any atom is -0.314 e. The Labute approximate surface area is 140 Å². The molecule has 2 fully saturated rings. The van der Waals surface area contributed by atoms with Gasteiger partial charge in [0.1, 0.15) is 0 Å². The van der Waals surface area contributed by atoms with Gasteiger partial charge in [0.25, 0.3) is 0 Å². The maximum atomic E-state index is 3.57. The van der Waals surface area contributed by atoms with Gasteiger partial charge in [0.15, 0.2) is 0 Å². The van der Waals surface area contributed by atoms with Crippen molar-refractivity contribution in [3.05, 3.63) is 0 Å². The van der Waals surface area contributed by atoms with Crippen LogP contribution in [-0.2, 0) is 0 Å². The SMILES string of the molecule is CC(C)CCC1CCCCN1.CC(C)CCC1CCCN1C. The summed E-state index contributed by atoms with van der Waals surface area (Å²) in [5, 5.41) is 3.57. The molecule has 0 spiro atoms. The Balaban J connectivity index is 0.000000220. The second-order valence-corrected chi connectivity index (χ2v) is 8.37. The molecule has 0 aromatic carbocycles. The van der Waals surface area contributed by atoms with E-state index in [4.69, 9.17) is 0 Å². The first-order valence-corrected chi connectivity index (χ1v) is 9.92. The fraction of sp³-hybridized carbons (Fsp3) is 1.00. The predicted octanol–water partition coefficient (Wildman–Crippen LogP) is 5.08. The molecule has 1 N–H and O–H groups in total. The van der Waals surface area contributed by atoms with Crippen LogP contribution in [0.2, 0.25) is 0 Å². The largest absolute Gasteiger partial charge is 0.314 e. The third-order valence-electron chi connectivity index (χ3n) is 5.25. The van der Waals surface area contributed by atoms with Crippen LogP contribution in [0.4, 0.5) is 0 Å². The number of nitrogens with one attached hydrogen (secondary N) is 1. The number of nitrogens with zero attached hydrogens (tertiary/aromatic N) is 1. The van der Waals surface area contributed by atoms with Crippen molar-refractivity contribution in [1.29, 1.82) is 0 Å². The first kappa shape index (κ1) is 20.0. The van der Waals surface area contributed by atoms with Crippen molar-refractivity contribution in [2.24, 2.45) is 11.8 Å². The lowest BCUT2D eigenvalue weighted by molar-refractivity contribution is 0.282. The standard InChI is InChI=1S/2C10H21N/c1-9(2)6-7-10-5-4-8-11(10)3;1-9(2)6-7-10-5-3-4-8-11-10/h9-10H,4-8H2,1-3H3;9-11H,3-8H2,1-2H3. The molecular weight excluding hydrogens is 268 g/mol. The summed E-state index contributed by atoms with van der Waals surface area (Å²) in [5.74, 6) is 1.75. The van der Waals surface area contributed by atoms with Gasteiger partial charge >= 0.3 is 0 Å². The van der Waals surface area contributed by atoms with Gasteiger partial charge < -0.3 is 10.2 Å². The average Bonchev–Trinajstić information content (AvgIpc) is 2.90. The second kappa shape index (κ2) is 11.5. The highest BCUT2D eigenvalue weighted by Crippen LogP contribution is 2.20. The molecule has 2 atom stereocenters. The molecule has 132 valence electrons. The molecule has 0 aliphatic carbocycles. The highest BCUT2D eigenvalue weighted by molar-refractivity contribution is 4.76. The summed E-state index contributed by atoms with van der Waals surface area (Å²) in [4.78, 5) is 2.52. The van der Waals surface area contributed by atoms with Crippen LogP contribution in [0.25, 0.3) is 0 Å². The van der Waals surface area contributed by atoms with Gasteiger partial charge in [-0.2, -0.15) is 0 Å². The Morgan fingerprint density at radius 2 is 1.59 bits per heavy atom. The van der Waals surface area contributed by atoms with Crippen LogP contribution in [-0.4, -0.2) is 37.1 Å². The second-order valence-electron chi connectivity index (χ2n) is 8.37. The fourth-order valence-corrected chi connectivity index (χ4v) is 3.57. The van der Waals surface area contributed by atoms with E-state index >= 15 is 0 Å². The summed E-state index contributed by atoms with van der Waals surface area (Å²) in [6.07, 6.45) is 12.7. The molecule has 2 nitrogen and oxygen atoms in total. The van der Waals surface area contributed by atoms with Gasteiger partial charge in [0, 0.05) is 12.1 Å². The van der Waals surface area contributed by atoms with Crippen LogP contribution in [0, 0.1) is 11.8 Å². The van der Waals surface area contributed by atoms with E-state index in [0.29, 0.717) is 0 Å². The minimum absolute atomic E-state index is 0.839. The molecule has 2 aliphatic heterocycles. The molecule has 2 rings (SSSR count). The highest BCUT2D eigenvalue weighted by Gasteiger charge is 2.20. The number of hydrogen-bond acceptors (Lipinski definition) is 2. The molecule has 2 unspecified atom stereocenters. The molecule has 2 heterocycles. The average molecular weight is 311 g/mol. The molecule has 0 radical (unpaired) electrons. The number of piperidine rings is 1. The molecule has 0 amide bonds. The first-order valence-electron chi connectivity index (χ1n) is 9.92. The molecule has 2 heteroatoms. The lowest BCUT2D eigenvalue weighted by atomic mass is 9.97. The Hall–Kier alpha value is -0.0800. The van der Waals surface area contributed by atoms with Gasteiger partial charge in [-0.1, -0.05) is 34.1 Å². The minimum atomic E-state index is 0.839. The number of rotatable bonds is 6. The Kier molecular flexibility index (Phi) is 10.4. The van der Waals surface area contributed by atoms with Crippen molar-refractivity contribution in [3.8, 4) is 0 Å². The maximum Gasteiger partial charge on any atom is 0.00927 e. The van der Waals surface area contributed by atoms with Crippen molar-refractivity contribution in [1.82, 2.24) is 10.2 Å². The summed E-state index contributed by atoms with van der Waals surface area (Å²) in [7, 11) is 2.26. The van der Waals surface area contributed by atoms with Gasteiger partial charge in [-0.25, -0.2) is 0 Å². The van der Waals surface area contributed by atoms with Gasteiger partial charge in [-0.3, -0.25) is 0 Å². The van der Waals surface area contributed by atoms with Crippen LogP contribution in [0.1, 0.15) is 85.5 Å². The molecule has 0 bridgehead atoms. The molecule has 0 aromatic heterocycles. The van der Waals surface area contributed by atoms with Gasteiger partial charge in [0.05, 0.1) is 0 Å². The molecule has 2 saturated heterocycles. The first-order chi connectivity index (χ1) is 10.5. The summed E-state index contributed by atoms with van der Waals surface area (Å²) < 4.78 is 0. The lowest BCUT2D eigenvalue weighted by Gasteiger charge is -2.23. The van der Waals surface area contributed by atoms with Crippen LogP contribution in [0.15, 0.2) is 0 Å². The van der Waals surface area contributed by atoms with Crippen LogP contribution in [0.5, 0.6) is 0 Å². The van der Waals surface area contributed by atoms with Gasteiger partial charge in [-0.05, 0) is 83.3 Å². The molecule has 22 heavy (non-hydrogen) atoms. The van der Waals surface area contributed by atoms with Crippen molar-refractivity contribution >= 4 is 0 Å². The highest BCUT2D eigenvalue weighted by atomic mass is 15.1. The summed E-state index contributed by atoms with van der Waals surface area (Å²) in [6, 6.07) is 1.74. The predicted molar refractivity (Wildman–Crippen MR) is 99.4 cm³/mol. The van der Waals surface area contributed by atoms with Crippen molar-refractivity contribution in [2.45, 2.75) is 97.6 Å². The molecule has 0 aromatic rings. The molecule has 2 aliphatic rings. The fourth-order valence-electron chi connectivity index (χ4n) is 3.57. The third kappa shape index (κ3) is 9.15. The summed E-state index contributed by atoms with van der Waals surface area (Å²) in [6.45, 7) is 11.8. The van der Waals surface area contributed by atoms with Crippen LogP contribution >= 0.6 is 0 Å². The topological polar surface area (TPSA) is 15.3 Å². The zero-order chi connectivity index (χ0) is 16.4. The van der Waals surface area contributed by atoms with Crippen LogP contribution < -0.4 is 5.32 Å². The zero-order valence-corrected chi connectivity index (χ0v) is 16.0. The smallest absolute Gasteiger partial charge is 0.00927 e. The Bertz CT molecular complexity index is 256. The van der Waals surface area contributed by atoms with E-state index in [1.807, 2.05) is 0 Å². The molecule has 0 saturated carbocycles. The Morgan fingerprint density at radius 1 is 0.909 bits per heavy atom. The third-order valence-corrected chi connectivity index (χ3v) is 5.25. The van der Waals surface area contributed by atoms with E-state index in [2.05, 4.69) is 45.0 Å². The summed E-state index contributed by atoms with van der Waals surface area (Å²) in [5.41, 5.74) is 0. The van der Waals surface area contributed by atoms with Gasteiger partial charge in [0.2, 0.25) is 0 Å². The van der Waals surface area contributed by atoms with E-state index in [9.17, 15) is 0 Å². The van der Waals surface area contributed by atoms with E-state index in [1.54, 1.807) is 0 Å². The maximum absolute atomic E-state index is 3.57. The normalized spacial score (nSPS) is 26.3. The summed E-state index contributed by atoms with van der Waals surface area (Å²) >= 11 is 0. The zero-order valence-electron chi connectivity index (χ0n) is 16.0. The monoisotopic (exact) mass is 310 g/mol. The van der Waals surface area contributed by atoms with Crippen molar-refractivity contribution < 1.29 is 0 Å². The number of hydrogen-bond donors (Lipinski definition) is 1. The van der Waals surface area contributed by atoms with E-state index < -0.39 is 0 Å². The Morgan fingerprint density at radius 3 is 2.09 bits per heavy atom. The van der Waals surface area contributed by atoms with Crippen LogP contribution in [0.3, 0.4) is 0 Å². The lowest BCUT2D eigenvalue weighted by Crippen LogP contribution is -2.33. The van der Waals surface area contributed by atoms with Gasteiger partial charge in [-0.15, -0.1) is 0 Å². The molecular formula is C20H42N2. The number of likely N-dealkylation sites (tertiary alicyclic amines) is 1. The van der Waals surface area contributed by atoms with Crippen molar-refractivity contribution in [3.63, 3.8) is 0 Å². The quantitative estimate of drug-likeness (QED) is 0.736. The van der Waals surface area contributed by atoms with Crippen molar-refractivity contribution in [2.75, 3.05) is 20.1 Å². The van der Waals surface area contributed by atoms with E-state index in [0.717, 1.165) is 23.9 Å². The van der Waals surface area contributed by atoms with E-state index in [1.165, 1.54) is 70.9 Å².